The van der Waals surface area contributed by atoms with Crippen LogP contribution in [0, 0.1) is 0 Å². The maximum atomic E-state index is 8.54. The molecule has 0 aliphatic carbocycles. The molecule has 92 valence electrons. The predicted octanol–water partition coefficient (Wildman–Crippen LogP) is 2.98. The van der Waals surface area contributed by atoms with Crippen LogP contribution in [-0.4, -0.2) is 16.0 Å². The highest BCUT2D eigenvalue weighted by molar-refractivity contribution is 7.99. The SMILES string of the molecule is N/C(=N\O)c1ccc(Sc2ccccc2Cl)nc1. The number of oxime groups is 1. The summed E-state index contributed by atoms with van der Waals surface area (Å²) in [5, 5.41) is 12.9. The Morgan fingerprint density at radius 1 is 1.28 bits per heavy atom. The first kappa shape index (κ1) is 12.7. The maximum Gasteiger partial charge on any atom is 0.171 e. The summed E-state index contributed by atoms with van der Waals surface area (Å²) < 4.78 is 0. The molecule has 1 aromatic carbocycles. The highest BCUT2D eigenvalue weighted by Gasteiger charge is 2.04. The minimum Gasteiger partial charge on any atom is -0.409 e. The second-order valence-electron chi connectivity index (χ2n) is 3.40. The van der Waals surface area contributed by atoms with Gasteiger partial charge in [0.15, 0.2) is 5.84 Å². The first-order valence-electron chi connectivity index (χ1n) is 5.07. The molecule has 0 atom stereocenters. The van der Waals surface area contributed by atoms with Gasteiger partial charge in [0.1, 0.15) is 5.03 Å². The van der Waals surface area contributed by atoms with Crippen molar-refractivity contribution < 1.29 is 5.21 Å². The third kappa shape index (κ3) is 2.94. The molecule has 6 heteroatoms. The Morgan fingerprint density at radius 2 is 2.06 bits per heavy atom. The second kappa shape index (κ2) is 5.75. The van der Waals surface area contributed by atoms with Crippen molar-refractivity contribution in [2.75, 3.05) is 0 Å². The quantitative estimate of drug-likeness (QED) is 0.392. The minimum atomic E-state index is 0.0387. The lowest BCUT2D eigenvalue weighted by molar-refractivity contribution is 0.318. The molecule has 0 radical (unpaired) electrons. The lowest BCUT2D eigenvalue weighted by Gasteiger charge is -2.03. The minimum absolute atomic E-state index is 0.0387. The predicted molar refractivity (Wildman–Crippen MR) is 72.3 cm³/mol. The fourth-order valence-corrected chi connectivity index (χ4v) is 2.32. The zero-order valence-electron chi connectivity index (χ0n) is 9.25. The average Bonchev–Trinajstić information content (AvgIpc) is 2.41. The lowest BCUT2D eigenvalue weighted by Crippen LogP contribution is -2.13. The summed E-state index contributed by atoms with van der Waals surface area (Å²) in [6, 6.07) is 11.1. The number of nitrogens with two attached hydrogens (primary N) is 1. The molecular formula is C12H10ClN3OS. The van der Waals surface area contributed by atoms with E-state index in [2.05, 4.69) is 10.1 Å². The third-order valence-electron chi connectivity index (χ3n) is 2.19. The van der Waals surface area contributed by atoms with Crippen molar-refractivity contribution >= 4 is 29.2 Å². The van der Waals surface area contributed by atoms with Crippen LogP contribution in [0.5, 0.6) is 0 Å². The van der Waals surface area contributed by atoms with E-state index < -0.39 is 0 Å². The third-order valence-corrected chi connectivity index (χ3v) is 3.66. The largest absolute Gasteiger partial charge is 0.409 e. The van der Waals surface area contributed by atoms with Crippen LogP contribution >= 0.6 is 23.4 Å². The summed E-state index contributed by atoms with van der Waals surface area (Å²) in [6.07, 6.45) is 1.55. The molecule has 2 rings (SSSR count). The Morgan fingerprint density at radius 3 is 2.67 bits per heavy atom. The van der Waals surface area contributed by atoms with E-state index in [-0.39, 0.29) is 5.84 Å². The van der Waals surface area contributed by atoms with Crippen molar-refractivity contribution in [1.29, 1.82) is 0 Å². The summed E-state index contributed by atoms with van der Waals surface area (Å²) >= 11 is 7.51. The Bertz CT molecular complexity index is 572. The van der Waals surface area contributed by atoms with Crippen molar-refractivity contribution in [3.05, 3.63) is 53.2 Å². The fourth-order valence-electron chi connectivity index (χ4n) is 1.29. The molecule has 4 nitrogen and oxygen atoms in total. The molecule has 0 saturated carbocycles. The topological polar surface area (TPSA) is 71.5 Å². The number of aromatic nitrogens is 1. The molecule has 0 aliphatic rings. The number of benzene rings is 1. The zero-order chi connectivity index (χ0) is 13.0. The van der Waals surface area contributed by atoms with Gasteiger partial charge in [0.05, 0.1) is 5.02 Å². The smallest absolute Gasteiger partial charge is 0.171 e. The van der Waals surface area contributed by atoms with Gasteiger partial charge in [-0.3, -0.25) is 0 Å². The standard InChI is InChI=1S/C12H10ClN3OS/c13-9-3-1-2-4-10(9)18-11-6-5-8(7-15-11)12(14)16-17/h1-7,17H,(H2,14,16). The Kier molecular flexibility index (Phi) is 4.07. The molecule has 0 amide bonds. The Balaban J connectivity index is 2.19. The number of nitrogens with zero attached hydrogens (tertiary/aromatic N) is 2. The average molecular weight is 280 g/mol. The zero-order valence-corrected chi connectivity index (χ0v) is 10.8. The van der Waals surface area contributed by atoms with Gasteiger partial charge in [0.2, 0.25) is 0 Å². The van der Waals surface area contributed by atoms with E-state index >= 15 is 0 Å². The molecule has 3 N–H and O–H groups in total. The molecule has 0 unspecified atom stereocenters. The van der Waals surface area contributed by atoms with E-state index in [1.54, 1.807) is 18.3 Å². The van der Waals surface area contributed by atoms with E-state index in [1.807, 2.05) is 24.3 Å². The van der Waals surface area contributed by atoms with Gasteiger partial charge in [-0.25, -0.2) is 4.98 Å². The number of rotatable bonds is 3. The normalized spacial score (nSPS) is 11.5. The molecule has 1 aromatic heterocycles. The number of pyridine rings is 1. The molecule has 2 aromatic rings. The van der Waals surface area contributed by atoms with E-state index in [4.69, 9.17) is 22.5 Å². The van der Waals surface area contributed by atoms with Gasteiger partial charge in [-0.1, -0.05) is 40.7 Å². The molecular weight excluding hydrogens is 270 g/mol. The van der Waals surface area contributed by atoms with Crippen molar-refractivity contribution in [2.45, 2.75) is 9.92 Å². The van der Waals surface area contributed by atoms with Crippen molar-refractivity contribution in [3.8, 4) is 0 Å². The summed E-state index contributed by atoms with van der Waals surface area (Å²) in [4.78, 5) is 5.15. The highest BCUT2D eigenvalue weighted by atomic mass is 35.5. The molecule has 0 aliphatic heterocycles. The van der Waals surface area contributed by atoms with Gasteiger partial charge in [0.25, 0.3) is 0 Å². The van der Waals surface area contributed by atoms with Gasteiger partial charge >= 0.3 is 0 Å². The summed E-state index contributed by atoms with van der Waals surface area (Å²) in [7, 11) is 0. The highest BCUT2D eigenvalue weighted by Crippen LogP contribution is 2.31. The summed E-state index contributed by atoms with van der Waals surface area (Å²) in [6.45, 7) is 0. The molecule has 1 heterocycles. The van der Waals surface area contributed by atoms with Gasteiger partial charge in [-0.05, 0) is 24.3 Å². The summed E-state index contributed by atoms with van der Waals surface area (Å²) in [5.41, 5.74) is 6.02. The second-order valence-corrected chi connectivity index (χ2v) is 4.87. The van der Waals surface area contributed by atoms with Gasteiger partial charge < -0.3 is 10.9 Å². The first-order chi connectivity index (χ1) is 8.70. The van der Waals surface area contributed by atoms with Crippen molar-refractivity contribution in [1.82, 2.24) is 4.98 Å². The van der Waals surface area contributed by atoms with Crippen LogP contribution < -0.4 is 5.73 Å². The monoisotopic (exact) mass is 279 g/mol. The first-order valence-corrected chi connectivity index (χ1v) is 6.26. The van der Waals surface area contributed by atoms with Crippen LogP contribution in [0.1, 0.15) is 5.56 Å². The van der Waals surface area contributed by atoms with Crippen molar-refractivity contribution in [3.63, 3.8) is 0 Å². The maximum absolute atomic E-state index is 8.54. The van der Waals surface area contributed by atoms with Crippen LogP contribution in [0.3, 0.4) is 0 Å². The number of halogens is 1. The molecule has 0 spiro atoms. The van der Waals surface area contributed by atoms with Gasteiger partial charge in [-0.15, -0.1) is 0 Å². The van der Waals surface area contributed by atoms with E-state index in [0.717, 1.165) is 9.92 Å². The van der Waals surface area contributed by atoms with Crippen LogP contribution in [0.15, 0.2) is 57.7 Å². The molecule has 18 heavy (non-hydrogen) atoms. The van der Waals surface area contributed by atoms with E-state index in [1.165, 1.54) is 11.8 Å². The lowest BCUT2D eigenvalue weighted by atomic mass is 10.3. The number of amidine groups is 1. The molecule has 0 bridgehead atoms. The van der Waals surface area contributed by atoms with Gasteiger partial charge in [-0.2, -0.15) is 0 Å². The number of hydrogen-bond donors (Lipinski definition) is 2. The van der Waals surface area contributed by atoms with Crippen LogP contribution in [0.2, 0.25) is 5.02 Å². The Labute approximate surface area is 113 Å². The number of hydrogen-bond acceptors (Lipinski definition) is 4. The summed E-state index contributed by atoms with van der Waals surface area (Å²) in [5.74, 6) is 0.0387. The molecule has 0 fully saturated rings. The van der Waals surface area contributed by atoms with Gasteiger partial charge in [0, 0.05) is 16.7 Å². The van der Waals surface area contributed by atoms with Crippen molar-refractivity contribution in [2.24, 2.45) is 10.9 Å². The van der Waals surface area contributed by atoms with Crippen LogP contribution in [-0.2, 0) is 0 Å². The fraction of sp³-hybridized carbons (Fsp3) is 0. The van der Waals surface area contributed by atoms with Crippen LogP contribution in [0.25, 0.3) is 0 Å². The van der Waals surface area contributed by atoms with E-state index in [9.17, 15) is 0 Å². The van der Waals surface area contributed by atoms with Crippen LogP contribution in [0.4, 0.5) is 0 Å². The molecule has 0 saturated heterocycles. The van der Waals surface area contributed by atoms with E-state index in [0.29, 0.717) is 10.6 Å². The Hall–Kier alpha value is -1.72.